The molecule has 1 fully saturated rings. The molecule has 1 aromatic heterocycles. The van der Waals surface area contributed by atoms with E-state index in [4.69, 9.17) is 0 Å². The third kappa shape index (κ3) is 3.77. The highest BCUT2D eigenvalue weighted by Crippen LogP contribution is 2.33. The van der Waals surface area contributed by atoms with Crippen LogP contribution in [0.4, 0.5) is 4.79 Å². The van der Waals surface area contributed by atoms with Crippen molar-refractivity contribution < 1.29 is 14.7 Å². The molecule has 2 amide bonds. The average molecular weight is 375 g/mol. The van der Waals surface area contributed by atoms with Crippen molar-refractivity contribution in [2.24, 2.45) is 5.41 Å². The van der Waals surface area contributed by atoms with Crippen molar-refractivity contribution in [2.45, 2.75) is 32.7 Å². The SMILES string of the molecule is CCC1(C(=O)O)CCCN(C(=O)NCc2cc(Br)cs2)C1. The summed E-state index contributed by atoms with van der Waals surface area (Å²) >= 11 is 4.95. The lowest BCUT2D eigenvalue weighted by atomic mass is 9.78. The van der Waals surface area contributed by atoms with Crippen LogP contribution in [0.1, 0.15) is 31.1 Å². The Hall–Kier alpha value is -1.08. The molecule has 5 nitrogen and oxygen atoms in total. The predicted molar refractivity (Wildman–Crippen MR) is 85.4 cm³/mol. The fourth-order valence-electron chi connectivity index (χ4n) is 2.64. The number of carbonyl (C=O) groups is 2. The van der Waals surface area contributed by atoms with E-state index < -0.39 is 11.4 Å². The van der Waals surface area contributed by atoms with Crippen LogP contribution in [-0.4, -0.2) is 35.1 Å². The van der Waals surface area contributed by atoms with Crippen LogP contribution in [0.2, 0.25) is 0 Å². The van der Waals surface area contributed by atoms with E-state index in [-0.39, 0.29) is 6.03 Å². The number of rotatable bonds is 4. The van der Waals surface area contributed by atoms with Crippen molar-refractivity contribution in [3.8, 4) is 0 Å². The summed E-state index contributed by atoms with van der Waals surface area (Å²) < 4.78 is 1.01. The highest BCUT2D eigenvalue weighted by atomic mass is 79.9. The van der Waals surface area contributed by atoms with Gasteiger partial charge in [-0.3, -0.25) is 4.79 Å². The first-order valence-electron chi connectivity index (χ1n) is 6.96. The number of carbonyl (C=O) groups excluding carboxylic acids is 1. The second-order valence-electron chi connectivity index (χ2n) is 5.35. The molecule has 1 aromatic rings. The highest BCUT2D eigenvalue weighted by molar-refractivity contribution is 9.10. The van der Waals surface area contributed by atoms with Crippen molar-refractivity contribution in [2.75, 3.05) is 13.1 Å². The molecule has 0 aliphatic carbocycles. The largest absolute Gasteiger partial charge is 0.481 e. The van der Waals surface area contributed by atoms with Gasteiger partial charge in [-0.15, -0.1) is 11.3 Å². The molecule has 0 radical (unpaired) electrons. The quantitative estimate of drug-likeness (QED) is 0.849. The Labute approximate surface area is 136 Å². The van der Waals surface area contributed by atoms with Crippen molar-refractivity contribution in [3.05, 3.63) is 20.8 Å². The number of nitrogens with zero attached hydrogens (tertiary/aromatic N) is 1. The van der Waals surface area contributed by atoms with Crippen molar-refractivity contribution in [1.82, 2.24) is 10.2 Å². The second kappa shape index (κ2) is 6.79. The summed E-state index contributed by atoms with van der Waals surface area (Å²) in [5, 5.41) is 14.3. The van der Waals surface area contributed by atoms with E-state index in [2.05, 4.69) is 21.2 Å². The summed E-state index contributed by atoms with van der Waals surface area (Å²) in [6.45, 7) is 3.25. The highest BCUT2D eigenvalue weighted by Gasteiger charge is 2.42. The molecule has 2 rings (SSSR count). The van der Waals surface area contributed by atoms with Gasteiger partial charge in [0, 0.05) is 27.8 Å². The average Bonchev–Trinajstić information content (AvgIpc) is 2.90. The van der Waals surface area contributed by atoms with Gasteiger partial charge in [0.05, 0.1) is 12.0 Å². The molecule has 1 unspecified atom stereocenters. The van der Waals surface area contributed by atoms with Crippen LogP contribution in [0.15, 0.2) is 15.9 Å². The first-order valence-corrected chi connectivity index (χ1v) is 8.63. The first kappa shape index (κ1) is 16.3. The smallest absolute Gasteiger partial charge is 0.317 e. The normalized spacial score (nSPS) is 22.1. The standard InChI is InChI=1S/C14H19BrN2O3S/c1-2-14(12(18)19)4-3-5-17(9-14)13(20)16-7-11-6-10(15)8-21-11/h6,8H,2-5,7,9H2,1H3,(H,16,20)(H,18,19). The van der Waals surface area contributed by atoms with Gasteiger partial charge in [0.1, 0.15) is 0 Å². The first-order chi connectivity index (χ1) is 9.97. The van der Waals surface area contributed by atoms with Crippen LogP contribution in [0, 0.1) is 5.41 Å². The summed E-state index contributed by atoms with van der Waals surface area (Å²) in [5.41, 5.74) is -0.790. The molecule has 1 atom stereocenters. The molecular formula is C14H19BrN2O3S. The monoisotopic (exact) mass is 374 g/mol. The van der Waals surface area contributed by atoms with Crippen LogP contribution >= 0.6 is 27.3 Å². The van der Waals surface area contributed by atoms with Crippen LogP contribution < -0.4 is 5.32 Å². The van der Waals surface area contributed by atoms with Crippen LogP contribution in [0.25, 0.3) is 0 Å². The molecule has 0 aromatic carbocycles. The molecule has 1 aliphatic heterocycles. The third-order valence-electron chi connectivity index (χ3n) is 4.03. The van der Waals surface area contributed by atoms with Gasteiger partial charge in [0.25, 0.3) is 0 Å². The second-order valence-corrected chi connectivity index (χ2v) is 7.27. The number of thiophene rings is 1. The maximum atomic E-state index is 12.2. The fourth-order valence-corrected chi connectivity index (χ4v) is 4.03. The number of amides is 2. The van der Waals surface area contributed by atoms with E-state index >= 15 is 0 Å². The van der Waals surface area contributed by atoms with Crippen LogP contribution in [-0.2, 0) is 11.3 Å². The van der Waals surface area contributed by atoms with Gasteiger partial charge >= 0.3 is 12.0 Å². The zero-order valence-electron chi connectivity index (χ0n) is 11.9. The molecule has 2 heterocycles. The lowest BCUT2D eigenvalue weighted by Gasteiger charge is -2.39. The lowest BCUT2D eigenvalue weighted by molar-refractivity contribution is -0.152. The molecule has 21 heavy (non-hydrogen) atoms. The molecule has 1 saturated heterocycles. The number of halogens is 1. The van der Waals surface area contributed by atoms with E-state index in [0.29, 0.717) is 32.5 Å². The molecule has 116 valence electrons. The minimum atomic E-state index is -0.801. The Kier molecular flexibility index (Phi) is 5.27. The van der Waals surface area contributed by atoms with Gasteiger partial charge in [0.2, 0.25) is 0 Å². The van der Waals surface area contributed by atoms with Crippen molar-refractivity contribution in [1.29, 1.82) is 0 Å². The van der Waals surface area contributed by atoms with Gasteiger partial charge in [-0.25, -0.2) is 4.79 Å². The number of likely N-dealkylation sites (tertiary alicyclic amines) is 1. The summed E-state index contributed by atoms with van der Waals surface area (Å²) in [5.74, 6) is -0.801. The molecular weight excluding hydrogens is 356 g/mol. The van der Waals surface area contributed by atoms with E-state index in [1.165, 1.54) is 0 Å². The van der Waals surface area contributed by atoms with Gasteiger partial charge < -0.3 is 15.3 Å². The molecule has 0 spiro atoms. The predicted octanol–water partition coefficient (Wildman–Crippen LogP) is 3.30. The number of urea groups is 1. The summed E-state index contributed by atoms with van der Waals surface area (Å²) in [6.07, 6.45) is 1.92. The Morgan fingerprint density at radius 1 is 1.57 bits per heavy atom. The fraction of sp³-hybridized carbons (Fsp3) is 0.571. The van der Waals surface area contributed by atoms with Crippen molar-refractivity contribution in [3.63, 3.8) is 0 Å². The number of nitrogens with one attached hydrogen (secondary N) is 1. The lowest BCUT2D eigenvalue weighted by Crippen LogP contribution is -2.52. The van der Waals surface area contributed by atoms with Gasteiger partial charge in [-0.05, 0) is 41.3 Å². The Bertz CT molecular complexity index is 534. The molecule has 0 bridgehead atoms. The third-order valence-corrected chi connectivity index (χ3v) is 5.73. The number of aliphatic carboxylic acids is 1. The Morgan fingerprint density at radius 3 is 2.90 bits per heavy atom. The maximum Gasteiger partial charge on any atom is 0.317 e. The van der Waals surface area contributed by atoms with Gasteiger partial charge in [-0.1, -0.05) is 6.92 Å². The molecule has 1 aliphatic rings. The zero-order valence-corrected chi connectivity index (χ0v) is 14.3. The molecule has 0 saturated carbocycles. The molecule has 7 heteroatoms. The van der Waals surface area contributed by atoms with Crippen molar-refractivity contribution >= 4 is 39.3 Å². The number of carboxylic acids is 1. The number of piperidine rings is 1. The zero-order chi connectivity index (χ0) is 15.5. The summed E-state index contributed by atoms with van der Waals surface area (Å²) in [4.78, 5) is 26.4. The minimum Gasteiger partial charge on any atom is -0.481 e. The van der Waals surface area contributed by atoms with Crippen LogP contribution in [0.3, 0.4) is 0 Å². The maximum absolute atomic E-state index is 12.2. The minimum absolute atomic E-state index is 0.182. The Balaban J connectivity index is 1.94. The van der Waals surface area contributed by atoms with E-state index in [1.807, 2.05) is 18.4 Å². The summed E-state index contributed by atoms with van der Waals surface area (Å²) in [7, 11) is 0. The molecule has 2 N–H and O–H groups in total. The van der Waals surface area contributed by atoms with E-state index in [9.17, 15) is 14.7 Å². The number of carboxylic acid groups (broad SMARTS) is 1. The topological polar surface area (TPSA) is 69.6 Å². The van der Waals surface area contributed by atoms with Gasteiger partial charge in [0.15, 0.2) is 0 Å². The number of hydrogen-bond acceptors (Lipinski definition) is 3. The van der Waals surface area contributed by atoms with E-state index in [0.717, 1.165) is 15.8 Å². The van der Waals surface area contributed by atoms with E-state index in [1.54, 1.807) is 16.2 Å². The number of hydrogen-bond donors (Lipinski definition) is 2. The van der Waals surface area contributed by atoms with Crippen LogP contribution in [0.5, 0.6) is 0 Å². The Morgan fingerprint density at radius 2 is 2.33 bits per heavy atom. The summed E-state index contributed by atoms with van der Waals surface area (Å²) in [6, 6.07) is 1.78. The van der Waals surface area contributed by atoms with Gasteiger partial charge in [-0.2, -0.15) is 0 Å².